The molecule has 0 saturated carbocycles. The maximum atomic E-state index is 13.7. The number of benzene rings is 2. The minimum Gasteiger partial charge on any atom is -0.497 e. The molecule has 1 aliphatic rings. The van der Waals surface area contributed by atoms with Crippen LogP contribution in [-0.4, -0.2) is 42.2 Å². The smallest absolute Gasteiger partial charge is 0.293 e. The third-order valence-corrected chi connectivity index (χ3v) is 5.16. The second kappa shape index (κ2) is 9.21. The van der Waals surface area contributed by atoms with Crippen molar-refractivity contribution in [3.05, 3.63) is 69.6 Å². The number of nitrogens with one attached hydrogen (secondary N) is 1. The van der Waals surface area contributed by atoms with Crippen LogP contribution in [0.15, 0.2) is 35.2 Å². The monoisotopic (exact) mass is 454 g/mol. The number of carbonyl (C=O) groups is 3. The van der Waals surface area contributed by atoms with E-state index in [1.807, 2.05) is 0 Å². The Morgan fingerprint density at radius 1 is 1.10 bits per heavy atom. The van der Waals surface area contributed by atoms with E-state index in [-0.39, 0.29) is 24.1 Å². The molecule has 0 atom stereocenters. The van der Waals surface area contributed by atoms with Crippen molar-refractivity contribution in [2.45, 2.75) is 0 Å². The molecule has 3 rings (SSSR count). The fourth-order valence-corrected chi connectivity index (χ4v) is 3.52. The van der Waals surface area contributed by atoms with E-state index in [1.54, 1.807) is 24.3 Å². The van der Waals surface area contributed by atoms with E-state index in [2.05, 4.69) is 5.32 Å². The third-order valence-electron chi connectivity index (χ3n) is 4.26. The molecule has 11 heteroatoms. The molecule has 0 spiro atoms. The number of rotatable bonds is 6. The topological polar surface area (TPSA) is 75.7 Å². The van der Waals surface area contributed by atoms with E-state index in [4.69, 9.17) is 4.74 Å². The van der Waals surface area contributed by atoms with Gasteiger partial charge in [0.2, 0.25) is 0 Å². The molecule has 1 saturated heterocycles. The van der Waals surface area contributed by atoms with Crippen molar-refractivity contribution in [1.29, 1.82) is 0 Å². The van der Waals surface area contributed by atoms with Gasteiger partial charge < -0.3 is 10.1 Å². The van der Waals surface area contributed by atoms with Gasteiger partial charge in [-0.3, -0.25) is 19.3 Å². The van der Waals surface area contributed by atoms with Crippen LogP contribution in [-0.2, 0) is 4.79 Å². The van der Waals surface area contributed by atoms with Gasteiger partial charge in [0.15, 0.2) is 23.3 Å². The molecule has 1 fully saturated rings. The number of methoxy groups -OCH3 is 1. The molecule has 1 heterocycles. The van der Waals surface area contributed by atoms with Crippen LogP contribution in [0.4, 0.5) is 22.4 Å². The van der Waals surface area contributed by atoms with E-state index in [0.717, 1.165) is 4.90 Å². The van der Waals surface area contributed by atoms with Crippen LogP contribution in [0, 0.1) is 23.3 Å². The van der Waals surface area contributed by atoms with Gasteiger partial charge in [0, 0.05) is 13.1 Å². The molecule has 1 aliphatic heterocycles. The molecule has 0 unspecified atom stereocenters. The number of halogens is 4. The number of hydrogen-bond donors (Lipinski definition) is 1. The lowest BCUT2D eigenvalue weighted by molar-refractivity contribution is -0.122. The number of imide groups is 1. The molecule has 3 amide bonds. The second-order valence-electron chi connectivity index (χ2n) is 6.21. The fourth-order valence-electron chi connectivity index (χ4n) is 2.66. The SMILES string of the molecule is COc1ccc(C=C2SC(=O)N(CCNC(=O)c3cc(F)c(F)c(F)c3F)C2=O)cc1. The van der Waals surface area contributed by atoms with Gasteiger partial charge in [-0.2, -0.15) is 0 Å². The van der Waals surface area contributed by atoms with E-state index >= 15 is 0 Å². The molecule has 2 aromatic carbocycles. The van der Waals surface area contributed by atoms with Gasteiger partial charge in [0.05, 0.1) is 17.6 Å². The number of ether oxygens (including phenoxy) is 1. The van der Waals surface area contributed by atoms with Gasteiger partial charge >= 0.3 is 0 Å². The first kappa shape index (κ1) is 22.3. The average Bonchev–Trinajstić information content (AvgIpc) is 3.02. The van der Waals surface area contributed by atoms with Crippen LogP contribution >= 0.6 is 11.8 Å². The van der Waals surface area contributed by atoms with Crippen molar-refractivity contribution in [1.82, 2.24) is 10.2 Å². The Morgan fingerprint density at radius 3 is 2.42 bits per heavy atom. The van der Waals surface area contributed by atoms with E-state index in [1.165, 1.54) is 13.2 Å². The quantitative estimate of drug-likeness (QED) is 0.312. The van der Waals surface area contributed by atoms with Crippen LogP contribution in [0.1, 0.15) is 15.9 Å². The van der Waals surface area contributed by atoms with Crippen LogP contribution in [0.5, 0.6) is 5.75 Å². The van der Waals surface area contributed by atoms with Gasteiger partial charge in [-0.1, -0.05) is 12.1 Å². The summed E-state index contributed by atoms with van der Waals surface area (Å²) in [5, 5.41) is 1.56. The lowest BCUT2D eigenvalue weighted by Crippen LogP contribution is -2.37. The predicted molar refractivity (Wildman–Crippen MR) is 104 cm³/mol. The Balaban J connectivity index is 1.63. The summed E-state index contributed by atoms with van der Waals surface area (Å²) < 4.78 is 58.2. The highest BCUT2D eigenvalue weighted by molar-refractivity contribution is 8.18. The summed E-state index contributed by atoms with van der Waals surface area (Å²) in [4.78, 5) is 37.5. The van der Waals surface area contributed by atoms with Gasteiger partial charge in [-0.25, -0.2) is 17.6 Å². The van der Waals surface area contributed by atoms with Gasteiger partial charge in [0.25, 0.3) is 17.1 Å². The van der Waals surface area contributed by atoms with Gasteiger partial charge in [0.1, 0.15) is 5.75 Å². The highest BCUT2D eigenvalue weighted by Gasteiger charge is 2.34. The zero-order chi connectivity index (χ0) is 22.7. The molecular weight excluding hydrogens is 440 g/mol. The first-order chi connectivity index (χ1) is 14.7. The maximum Gasteiger partial charge on any atom is 0.293 e. The summed E-state index contributed by atoms with van der Waals surface area (Å²) >= 11 is 0.703. The number of amides is 3. The van der Waals surface area contributed by atoms with Crippen LogP contribution in [0.2, 0.25) is 0 Å². The molecule has 2 aromatic rings. The summed E-state index contributed by atoms with van der Waals surface area (Å²) in [5.41, 5.74) is -0.375. The zero-order valence-electron chi connectivity index (χ0n) is 15.9. The normalized spacial score (nSPS) is 15.0. The average molecular weight is 454 g/mol. The number of carbonyl (C=O) groups excluding carboxylic acids is 3. The fraction of sp³-hybridized carbons (Fsp3) is 0.150. The van der Waals surface area contributed by atoms with Crippen molar-refractivity contribution < 1.29 is 36.7 Å². The molecular formula is C20H14F4N2O4S. The lowest BCUT2D eigenvalue weighted by Gasteiger charge is -2.13. The van der Waals surface area contributed by atoms with Crippen LogP contribution in [0.25, 0.3) is 6.08 Å². The van der Waals surface area contributed by atoms with Crippen LogP contribution < -0.4 is 10.1 Å². The summed E-state index contributed by atoms with van der Waals surface area (Å²) in [5.74, 6) is -8.90. The zero-order valence-corrected chi connectivity index (χ0v) is 16.7. The predicted octanol–water partition coefficient (Wildman–Crippen LogP) is 3.72. The Kier molecular flexibility index (Phi) is 6.64. The Labute approximate surface area is 177 Å². The van der Waals surface area contributed by atoms with Crippen molar-refractivity contribution in [2.24, 2.45) is 0 Å². The molecule has 162 valence electrons. The molecule has 31 heavy (non-hydrogen) atoms. The maximum absolute atomic E-state index is 13.7. The molecule has 0 radical (unpaired) electrons. The highest BCUT2D eigenvalue weighted by Crippen LogP contribution is 2.32. The van der Waals surface area contributed by atoms with Crippen molar-refractivity contribution in [3.8, 4) is 5.75 Å². The van der Waals surface area contributed by atoms with E-state index in [9.17, 15) is 31.9 Å². The minimum atomic E-state index is -2.11. The first-order valence-electron chi connectivity index (χ1n) is 8.73. The van der Waals surface area contributed by atoms with Gasteiger partial charge in [-0.15, -0.1) is 0 Å². The molecule has 6 nitrogen and oxygen atoms in total. The summed E-state index contributed by atoms with van der Waals surface area (Å²) in [6.07, 6.45) is 1.52. The summed E-state index contributed by atoms with van der Waals surface area (Å²) in [6.45, 7) is -0.573. The first-order valence-corrected chi connectivity index (χ1v) is 9.55. The Bertz CT molecular complexity index is 1090. The van der Waals surface area contributed by atoms with Crippen molar-refractivity contribution in [3.63, 3.8) is 0 Å². The molecule has 0 aliphatic carbocycles. The Morgan fingerprint density at radius 2 is 1.77 bits per heavy atom. The van der Waals surface area contributed by atoms with E-state index in [0.29, 0.717) is 23.1 Å². The summed E-state index contributed by atoms with van der Waals surface area (Å²) in [7, 11) is 1.51. The minimum absolute atomic E-state index is 0.162. The molecule has 0 bridgehead atoms. The summed E-state index contributed by atoms with van der Waals surface area (Å²) in [6, 6.07) is 6.99. The highest BCUT2D eigenvalue weighted by atomic mass is 32.2. The lowest BCUT2D eigenvalue weighted by atomic mass is 10.1. The Hall–Kier alpha value is -3.34. The van der Waals surface area contributed by atoms with Crippen LogP contribution in [0.3, 0.4) is 0 Å². The van der Waals surface area contributed by atoms with Gasteiger partial charge in [-0.05, 0) is 41.6 Å². The van der Waals surface area contributed by atoms with Crippen molar-refractivity contribution >= 4 is 34.9 Å². The van der Waals surface area contributed by atoms with E-state index < -0.39 is 45.9 Å². The largest absolute Gasteiger partial charge is 0.497 e. The number of hydrogen-bond acceptors (Lipinski definition) is 5. The standard InChI is InChI=1S/C20H14F4N2O4S/c1-30-11-4-2-10(3-5-11)8-14-19(28)26(20(29)31-14)7-6-25-18(27)12-9-13(21)16(23)17(24)15(12)22/h2-5,8-9H,6-7H2,1H3,(H,25,27). The van der Waals surface area contributed by atoms with Crippen molar-refractivity contribution in [2.75, 3.05) is 20.2 Å². The molecule has 0 aromatic heterocycles. The second-order valence-corrected chi connectivity index (χ2v) is 7.20. The number of nitrogens with zero attached hydrogens (tertiary/aromatic N) is 1. The third kappa shape index (κ3) is 4.71. The molecule has 1 N–H and O–H groups in total. The number of thioether (sulfide) groups is 1.